The standard InChI is InChI=1S/C6H15N3O/c1-8-5-6(10)9-4-2-3-7/h8H,2-5,7H2,1H3,(H,9,10). The van der Waals surface area contributed by atoms with Crippen LogP contribution in [0.4, 0.5) is 0 Å². The second-order valence-corrected chi connectivity index (χ2v) is 2.02. The van der Waals surface area contributed by atoms with Crippen LogP contribution in [0.2, 0.25) is 0 Å². The number of nitrogens with one attached hydrogen (secondary N) is 2. The number of rotatable bonds is 5. The highest BCUT2D eigenvalue weighted by atomic mass is 16.1. The van der Waals surface area contributed by atoms with Crippen molar-refractivity contribution in [2.24, 2.45) is 5.73 Å². The Hall–Kier alpha value is -0.610. The molecule has 4 N–H and O–H groups in total. The van der Waals surface area contributed by atoms with Gasteiger partial charge in [0.2, 0.25) is 5.91 Å². The molecule has 0 radical (unpaired) electrons. The van der Waals surface area contributed by atoms with Crippen molar-refractivity contribution in [1.82, 2.24) is 10.6 Å². The highest BCUT2D eigenvalue weighted by Crippen LogP contribution is 1.69. The third-order valence-corrected chi connectivity index (χ3v) is 1.04. The third kappa shape index (κ3) is 5.53. The van der Waals surface area contributed by atoms with Crippen LogP contribution in [-0.4, -0.2) is 32.6 Å². The second kappa shape index (κ2) is 6.51. The first kappa shape index (κ1) is 9.39. The molecular formula is C6H15N3O. The van der Waals surface area contributed by atoms with Gasteiger partial charge >= 0.3 is 0 Å². The van der Waals surface area contributed by atoms with Crippen molar-refractivity contribution < 1.29 is 4.79 Å². The van der Waals surface area contributed by atoms with E-state index in [-0.39, 0.29) is 5.91 Å². The van der Waals surface area contributed by atoms with Crippen molar-refractivity contribution in [3.63, 3.8) is 0 Å². The lowest BCUT2D eigenvalue weighted by atomic mass is 10.4. The molecule has 1 amide bonds. The van der Waals surface area contributed by atoms with Crippen LogP contribution in [-0.2, 0) is 4.79 Å². The van der Waals surface area contributed by atoms with Gasteiger partial charge in [0.15, 0.2) is 0 Å². The average Bonchev–Trinajstić information content (AvgIpc) is 1.89. The molecule has 0 atom stereocenters. The van der Waals surface area contributed by atoms with Crippen molar-refractivity contribution >= 4 is 5.91 Å². The first-order valence-corrected chi connectivity index (χ1v) is 3.42. The molecule has 0 spiro atoms. The summed E-state index contributed by atoms with van der Waals surface area (Å²) >= 11 is 0. The molecule has 60 valence electrons. The zero-order valence-corrected chi connectivity index (χ0v) is 6.31. The highest BCUT2D eigenvalue weighted by molar-refractivity contribution is 5.77. The number of amides is 1. The summed E-state index contributed by atoms with van der Waals surface area (Å²) in [6.07, 6.45) is 0.843. The first-order valence-electron chi connectivity index (χ1n) is 3.42. The summed E-state index contributed by atoms with van der Waals surface area (Å²) in [6.45, 7) is 1.68. The molecule has 0 saturated heterocycles. The SMILES string of the molecule is CNCC(=O)NCCCN. The van der Waals surface area contributed by atoms with E-state index in [2.05, 4.69) is 10.6 Å². The van der Waals surface area contributed by atoms with Gasteiger partial charge in [-0.1, -0.05) is 0 Å². The molecule has 4 heteroatoms. The Bertz CT molecular complexity index is 95.0. The number of likely N-dealkylation sites (N-methyl/N-ethyl adjacent to an activating group) is 1. The van der Waals surface area contributed by atoms with Crippen molar-refractivity contribution in [3.8, 4) is 0 Å². The Morgan fingerprint density at radius 3 is 2.80 bits per heavy atom. The zero-order chi connectivity index (χ0) is 7.82. The van der Waals surface area contributed by atoms with Gasteiger partial charge in [-0.3, -0.25) is 4.79 Å². The minimum Gasteiger partial charge on any atom is -0.355 e. The second-order valence-electron chi connectivity index (χ2n) is 2.02. The lowest BCUT2D eigenvalue weighted by Crippen LogP contribution is -2.33. The fraction of sp³-hybridized carbons (Fsp3) is 0.833. The van der Waals surface area contributed by atoms with Gasteiger partial charge in [0.05, 0.1) is 6.54 Å². The van der Waals surface area contributed by atoms with E-state index >= 15 is 0 Å². The summed E-state index contributed by atoms with van der Waals surface area (Å²) in [4.78, 5) is 10.7. The summed E-state index contributed by atoms with van der Waals surface area (Å²) < 4.78 is 0. The minimum atomic E-state index is 0.0240. The number of carbonyl (C=O) groups excluding carboxylic acids is 1. The lowest BCUT2D eigenvalue weighted by Gasteiger charge is -2.01. The maximum Gasteiger partial charge on any atom is 0.233 e. The van der Waals surface area contributed by atoms with Gasteiger partial charge in [-0.25, -0.2) is 0 Å². The Balaban J connectivity index is 3.05. The van der Waals surface area contributed by atoms with E-state index in [9.17, 15) is 4.79 Å². The molecule has 0 bridgehead atoms. The molecule has 0 saturated carbocycles. The van der Waals surface area contributed by atoms with E-state index in [0.29, 0.717) is 19.6 Å². The minimum absolute atomic E-state index is 0.0240. The van der Waals surface area contributed by atoms with Gasteiger partial charge in [0, 0.05) is 6.54 Å². The maximum atomic E-state index is 10.7. The Morgan fingerprint density at radius 1 is 1.60 bits per heavy atom. The fourth-order valence-corrected chi connectivity index (χ4v) is 0.553. The molecule has 0 aliphatic carbocycles. The van der Waals surface area contributed by atoms with Crippen molar-refractivity contribution in [3.05, 3.63) is 0 Å². The van der Waals surface area contributed by atoms with E-state index < -0.39 is 0 Å². The average molecular weight is 145 g/mol. The molecule has 0 aromatic rings. The molecule has 0 rings (SSSR count). The monoisotopic (exact) mass is 145 g/mol. The van der Waals surface area contributed by atoms with Gasteiger partial charge < -0.3 is 16.4 Å². The van der Waals surface area contributed by atoms with E-state index in [4.69, 9.17) is 5.73 Å². The largest absolute Gasteiger partial charge is 0.355 e. The number of carbonyl (C=O) groups is 1. The van der Waals surface area contributed by atoms with Crippen molar-refractivity contribution in [1.29, 1.82) is 0 Å². The molecule has 4 nitrogen and oxygen atoms in total. The predicted octanol–water partition coefficient (Wildman–Crippen LogP) is -1.33. The maximum absolute atomic E-state index is 10.7. The van der Waals surface area contributed by atoms with Crippen LogP contribution in [0.1, 0.15) is 6.42 Å². The summed E-state index contributed by atoms with van der Waals surface area (Å²) in [5, 5.41) is 5.45. The highest BCUT2D eigenvalue weighted by Gasteiger charge is 1.94. The molecule has 10 heavy (non-hydrogen) atoms. The van der Waals surface area contributed by atoms with Crippen LogP contribution < -0.4 is 16.4 Å². The molecule has 0 aromatic carbocycles. The number of nitrogens with two attached hydrogens (primary N) is 1. The van der Waals surface area contributed by atoms with Crippen LogP contribution in [0.5, 0.6) is 0 Å². The van der Waals surface area contributed by atoms with Gasteiger partial charge in [-0.2, -0.15) is 0 Å². The topological polar surface area (TPSA) is 67.2 Å². The Kier molecular flexibility index (Phi) is 6.11. The summed E-state index contributed by atoms with van der Waals surface area (Å²) in [7, 11) is 1.74. The van der Waals surface area contributed by atoms with E-state index in [1.807, 2.05) is 0 Å². The van der Waals surface area contributed by atoms with E-state index in [0.717, 1.165) is 6.42 Å². The predicted molar refractivity (Wildman–Crippen MR) is 40.6 cm³/mol. The number of hydrogen-bond acceptors (Lipinski definition) is 3. The van der Waals surface area contributed by atoms with Crippen LogP contribution >= 0.6 is 0 Å². The van der Waals surface area contributed by atoms with Crippen LogP contribution in [0.25, 0.3) is 0 Å². The Morgan fingerprint density at radius 2 is 2.30 bits per heavy atom. The van der Waals surface area contributed by atoms with Crippen LogP contribution in [0, 0.1) is 0 Å². The molecule has 0 heterocycles. The van der Waals surface area contributed by atoms with E-state index in [1.165, 1.54) is 0 Å². The summed E-state index contributed by atoms with van der Waals surface area (Å²) in [5.41, 5.74) is 5.22. The summed E-state index contributed by atoms with van der Waals surface area (Å²) in [6, 6.07) is 0. The van der Waals surface area contributed by atoms with Gasteiger partial charge in [0.25, 0.3) is 0 Å². The molecule has 0 fully saturated rings. The van der Waals surface area contributed by atoms with E-state index in [1.54, 1.807) is 7.05 Å². The molecule has 0 aliphatic heterocycles. The zero-order valence-electron chi connectivity index (χ0n) is 6.31. The van der Waals surface area contributed by atoms with Crippen molar-refractivity contribution in [2.45, 2.75) is 6.42 Å². The van der Waals surface area contributed by atoms with Gasteiger partial charge in [0.1, 0.15) is 0 Å². The van der Waals surface area contributed by atoms with Crippen LogP contribution in [0.3, 0.4) is 0 Å². The molecule has 0 aliphatic rings. The lowest BCUT2D eigenvalue weighted by molar-refractivity contribution is -0.120. The third-order valence-electron chi connectivity index (χ3n) is 1.04. The number of hydrogen-bond donors (Lipinski definition) is 3. The van der Waals surface area contributed by atoms with Gasteiger partial charge in [-0.15, -0.1) is 0 Å². The Labute approximate surface area is 61.2 Å². The fourth-order valence-electron chi connectivity index (χ4n) is 0.553. The van der Waals surface area contributed by atoms with Crippen molar-refractivity contribution in [2.75, 3.05) is 26.7 Å². The molecule has 0 aromatic heterocycles. The molecule has 0 unspecified atom stereocenters. The normalized spacial score (nSPS) is 9.40. The van der Waals surface area contributed by atoms with Crippen LogP contribution in [0.15, 0.2) is 0 Å². The molecular weight excluding hydrogens is 130 g/mol. The smallest absolute Gasteiger partial charge is 0.233 e. The first-order chi connectivity index (χ1) is 4.81. The quantitative estimate of drug-likeness (QED) is 0.420. The summed E-state index contributed by atoms with van der Waals surface area (Å²) in [5.74, 6) is 0.0240. The van der Waals surface area contributed by atoms with Gasteiger partial charge in [-0.05, 0) is 20.0 Å².